The van der Waals surface area contributed by atoms with Crippen molar-refractivity contribution in [1.29, 1.82) is 0 Å². The number of benzene rings is 20. The highest BCUT2D eigenvalue weighted by molar-refractivity contribution is 6.19. The number of hydrogen-bond donors (Lipinski definition) is 0. The van der Waals surface area contributed by atoms with E-state index in [2.05, 4.69) is 458 Å². The molecule has 0 fully saturated rings. The Kier molecular flexibility index (Phi) is 16.0. The smallest absolute Gasteiger partial charge is 0.0547 e. The van der Waals surface area contributed by atoms with Crippen molar-refractivity contribution >= 4 is 65.2 Å². The molecular formula is C120H78N2. The summed E-state index contributed by atoms with van der Waals surface area (Å²) in [5.41, 5.74) is 44.1. The maximum Gasteiger partial charge on any atom is 0.0547 e. The highest BCUT2D eigenvalue weighted by atomic mass is 15.0. The summed E-state index contributed by atoms with van der Waals surface area (Å²) in [6.07, 6.45) is 0. The van der Waals surface area contributed by atoms with Gasteiger partial charge in [-0.05, 0) is 250 Å². The van der Waals surface area contributed by atoms with E-state index in [9.17, 15) is 0 Å². The summed E-state index contributed by atoms with van der Waals surface area (Å²) in [4.78, 5) is 0. The Labute approximate surface area is 709 Å². The minimum absolute atomic E-state index is 0.130. The van der Waals surface area contributed by atoms with Crippen molar-refractivity contribution in [2.75, 3.05) is 0 Å². The summed E-state index contributed by atoms with van der Waals surface area (Å²) in [5.74, 6) is 0.684. The molecular weight excluding hydrogens is 1470 g/mol. The number of rotatable bonds is 10. The van der Waals surface area contributed by atoms with E-state index >= 15 is 0 Å². The highest BCUT2D eigenvalue weighted by Crippen LogP contribution is 2.58. The van der Waals surface area contributed by atoms with E-state index in [1.165, 1.54) is 232 Å². The van der Waals surface area contributed by atoms with Crippen LogP contribution >= 0.6 is 0 Å². The van der Waals surface area contributed by atoms with Crippen molar-refractivity contribution in [3.8, 4) is 100 Å². The largest absolute Gasteiger partial charge is 0.309 e. The Hall–Kier alpha value is -15.5. The van der Waals surface area contributed by atoms with E-state index in [1.54, 1.807) is 0 Å². The van der Waals surface area contributed by atoms with Crippen molar-refractivity contribution in [2.45, 2.75) is 23.7 Å². The van der Waals surface area contributed by atoms with Gasteiger partial charge < -0.3 is 9.13 Å². The van der Waals surface area contributed by atoms with Crippen LogP contribution < -0.4 is 0 Å². The van der Waals surface area contributed by atoms with Crippen LogP contribution in [0.2, 0.25) is 0 Å². The molecule has 0 amide bonds. The van der Waals surface area contributed by atoms with E-state index in [-0.39, 0.29) is 23.7 Å². The van der Waals surface area contributed by atoms with Crippen LogP contribution in [0.3, 0.4) is 0 Å². The molecule has 0 bridgehead atoms. The standard InChI is InChI=1S/2C60H39N/c1-3-13-38(14-4-1)40-23-25-42(26-24-40)57-49-21-11-10-20-48(49)53-36-44(28-31-52(53)57)45-29-33-55-54(37-45)59-56(61(55)46-30-27-39-15-7-8-18-43(39)35-46)34-32-51-47-19-9-12-22-50(47)58(60(51)59)41-16-5-2-6-17-41;1-3-13-38(14-4-1)40-23-25-42(26-24-40)57-48-20-10-9-19-47(48)53-36-44(28-31-51(53)57)45-29-33-55-54(37-45)60-56(61(55)46-30-27-39-15-7-8-18-43(39)35-46)34-32-52-58(41-16-5-2-6-17-41)49-21-11-12-22-50(49)59(52)60/h2*1-37,57-58H. The van der Waals surface area contributed by atoms with Gasteiger partial charge in [0, 0.05) is 56.6 Å². The van der Waals surface area contributed by atoms with Gasteiger partial charge in [-0.15, -0.1) is 0 Å². The molecule has 0 N–H and O–H groups in total. The summed E-state index contributed by atoms with van der Waals surface area (Å²) < 4.78 is 4.99. The third kappa shape index (κ3) is 11.0. The molecule has 568 valence electrons. The molecule has 2 nitrogen and oxygen atoms in total. The first-order valence-corrected chi connectivity index (χ1v) is 42.8. The van der Waals surface area contributed by atoms with E-state index in [4.69, 9.17) is 0 Å². The summed E-state index contributed by atoms with van der Waals surface area (Å²) >= 11 is 0. The van der Waals surface area contributed by atoms with Crippen LogP contribution in [0.25, 0.3) is 166 Å². The van der Waals surface area contributed by atoms with Gasteiger partial charge in [-0.25, -0.2) is 0 Å². The van der Waals surface area contributed by atoms with Crippen LogP contribution in [0.1, 0.15) is 90.4 Å². The Balaban J connectivity index is 0.000000134. The summed E-state index contributed by atoms with van der Waals surface area (Å²) in [6.45, 7) is 0. The van der Waals surface area contributed by atoms with E-state index in [0.717, 1.165) is 0 Å². The summed E-state index contributed by atoms with van der Waals surface area (Å²) in [6, 6.07) is 167. The van der Waals surface area contributed by atoms with E-state index in [0.29, 0.717) is 0 Å². The van der Waals surface area contributed by atoms with Crippen LogP contribution in [0.15, 0.2) is 449 Å². The van der Waals surface area contributed by atoms with Crippen LogP contribution in [0.5, 0.6) is 0 Å². The molecule has 0 saturated carbocycles. The van der Waals surface area contributed by atoms with Gasteiger partial charge in [-0.1, -0.05) is 376 Å². The second kappa shape index (κ2) is 28.1. The molecule has 22 aromatic rings. The zero-order valence-corrected chi connectivity index (χ0v) is 66.9. The Morgan fingerprint density at radius 3 is 0.984 bits per heavy atom. The molecule has 4 aliphatic rings. The predicted octanol–water partition coefficient (Wildman–Crippen LogP) is 31.2. The lowest BCUT2D eigenvalue weighted by molar-refractivity contribution is 1.02. The van der Waals surface area contributed by atoms with Gasteiger partial charge in [0.15, 0.2) is 0 Å². The summed E-state index contributed by atoms with van der Waals surface area (Å²) in [5, 5.41) is 10.2. The van der Waals surface area contributed by atoms with Crippen molar-refractivity contribution in [3.05, 3.63) is 516 Å². The van der Waals surface area contributed by atoms with Gasteiger partial charge in [0.1, 0.15) is 0 Å². The monoisotopic (exact) mass is 1550 g/mol. The van der Waals surface area contributed by atoms with Crippen LogP contribution in [0, 0.1) is 0 Å². The maximum atomic E-state index is 2.50. The molecule has 0 radical (unpaired) electrons. The first-order valence-electron chi connectivity index (χ1n) is 42.8. The van der Waals surface area contributed by atoms with Gasteiger partial charge in [-0.2, -0.15) is 0 Å². The average Bonchev–Trinajstić information content (AvgIpc) is 1.55. The van der Waals surface area contributed by atoms with Gasteiger partial charge in [0.2, 0.25) is 0 Å². The topological polar surface area (TPSA) is 9.86 Å². The van der Waals surface area contributed by atoms with Gasteiger partial charge in [-0.3, -0.25) is 0 Å². The van der Waals surface area contributed by atoms with Crippen LogP contribution in [-0.2, 0) is 0 Å². The predicted molar refractivity (Wildman–Crippen MR) is 510 cm³/mol. The van der Waals surface area contributed by atoms with E-state index in [1.807, 2.05) is 0 Å². The molecule has 2 heteroatoms. The molecule has 0 spiro atoms. The van der Waals surface area contributed by atoms with Crippen molar-refractivity contribution in [1.82, 2.24) is 9.13 Å². The van der Waals surface area contributed by atoms with E-state index < -0.39 is 0 Å². The number of aromatic nitrogens is 2. The highest BCUT2D eigenvalue weighted by Gasteiger charge is 2.38. The SMILES string of the molecule is c1ccc(-c2ccc(C3c4ccccc4-c4cc(-c5ccc6c(c5)c5c7c(ccc5n6-c5ccc6ccccc6c5)-c5ccccc5C7c5ccccc5)ccc43)cc2)cc1.c1ccc(-c2ccc(C3c4ccccc4-c4cc(-c5ccc6c(c5)c5c7c(ccc5n6-c5ccc6ccccc6c5)C(c5ccccc5)c5ccccc5-7)ccc43)cc2)cc1. The quantitative estimate of drug-likeness (QED) is 0.129. The van der Waals surface area contributed by atoms with Gasteiger partial charge in [0.05, 0.1) is 22.1 Å². The first-order chi connectivity index (χ1) is 60.5. The third-order valence-electron chi connectivity index (χ3n) is 27.1. The van der Waals surface area contributed by atoms with Crippen molar-refractivity contribution < 1.29 is 0 Å². The molecule has 122 heavy (non-hydrogen) atoms. The lowest BCUT2D eigenvalue weighted by Crippen LogP contribution is -2.00. The second-order valence-corrected chi connectivity index (χ2v) is 33.5. The number of fused-ring (bicyclic) bond motifs is 22. The molecule has 0 aliphatic heterocycles. The van der Waals surface area contributed by atoms with Gasteiger partial charge >= 0.3 is 0 Å². The fourth-order valence-electron chi connectivity index (χ4n) is 21.6. The fraction of sp³-hybridized carbons (Fsp3) is 0.0333. The molecule has 0 saturated heterocycles. The van der Waals surface area contributed by atoms with Gasteiger partial charge in [0.25, 0.3) is 0 Å². The minimum Gasteiger partial charge on any atom is -0.309 e. The Bertz CT molecular complexity index is 7990. The molecule has 4 atom stereocenters. The average molecular weight is 1550 g/mol. The zero-order chi connectivity index (χ0) is 80.0. The Morgan fingerprint density at radius 2 is 0.484 bits per heavy atom. The molecule has 2 aromatic heterocycles. The fourth-order valence-corrected chi connectivity index (χ4v) is 21.6. The minimum atomic E-state index is 0.130. The lowest BCUT2D eigenvalue weighted by Gasteiger charge is -2.16. The molecule has 26 rings (SSSR count). The normalized spacial score (nSPS) is 14.9. The molecule has 20 aromatic carbocycles. The third-order valence-corrected chi connectivity index (χ3v) is 27.1. The zero-order valence-electron chi connectivity index (χ0n) is 66.9. The second-order valence-electron chi connectivity index (χ2n) is 33.5. The molecule has 2 heterocycles. The lowest BCUT2D eigenvalue weighted by atomic mass is 9.86. The summed E-state index contributed by atoms with van der Waals surface area (Å²) in [7, 11) is 0. The Morgan fingerprint density at radius 1 is 0.164 bits per heavy atom. The number of hydrogen-bond acceptors (Lipinski definition) is 0. The maximum absolute atomic E-state index is 2.50. The van der Waals surface area contributed by atoms with Crippen molar-refractivity contribution in [3.63, 3.8) is 0 Å². The van der Waals surface area contributed by atoms with Crippen LogP contribution in [0.4, 0.5) is 0 Å². The van der Waals surface area contributed by atoms with Crippen molar-refractivity contribution in [2.24, 2.45) is 0 Å². The first kappa shape index (κ1) is 69.6. The van der Waals surface area contributed by atoms with Crippen LogP contribution in [-0.4, -0.2) is 9.13 Å². The number of nitrogens with zero attached hydrogens (tertiary/aromatic N) is 2. The molecule has 4 unspecified atom stereocenters. The molecule has 4 aliphatic carbocycles.